The second-order valence-electron chi connectivity index (χ2n) is 5.15. The molecule has 0 amide bonds. The molecule has 20 heavy (non-hydrogen) atoms. The molecule has 0 unspecified atom stereocenters. The van der Waals surface area contributed by atoms with Gasteiger partial charge in [-0.3, -0.25) is 4.79 Å². The lowest BCUT2D eigenvalue weighted by Crippen LogP contribution is -2.17. The highest BCUT2D eigenvalue weighted by Gasteiger charge is 2.49. The minimum absolute atomic E-state index is 0.161. The van der Waals surface area contributed by atoms with Crippen molar-refractivity contribution >= 4 is 21.9 Å². The first kappa shape index (κ1) is 15.2. The van der Waals surface area contributed by atoms with Gasteiger partial charge in [0, 0.05) is 15.5 Å². The molecule has 1 fully saturated rings. The van der Waals surface area contributed by atoms with Crippen molar-refractivity contribution in [2.45, 2.75) is 38.0 Å². The molecule has 0 radical (unpaired) electrons. The highest BCUT2D eigenvalue weighted by molar-refractivity contribution is 9.10. The van der Waals surface area contributed by atoms with Crippen LogP contribution in [0, 0.1) is 0 Å². The van der Waals surface area contributed by atoms with E-state index in [1.165, 1.54) is 0 Å². The molecule has 1 aromatic carbocycles. The molecule has 0 spiro atoms. The molecular weight excluding hydrogens is 324 g/mol. The number of rotatable bonds is 6. The van der Waals surface area contributed by atoms with Crippen LogP contribution in [-0.4, -0.2) is 25.3 Å². The average Bonchev–Trinajstić information content (AvgIpc) is 3.16. The summed E-state index contributed by atoms with van der Waals surface area (Å²) in [7, 11) is 3.22. The second-order valence-corrected chi connectivity index (χ2v) is 6.01. The minimum Gasteiger partial charge on any atom is -0.493 e. The van der Waals surface area contributed by atoms with Gasteiger partial charge in [-0.1, -0.05) is 22.9 Å². The Morgan fingerprint density at radius 1 is 1.40 bits per heavy atom. The summed E-state index contributed by atoms with van der Waals surface area (Å²) < 4.78 is 11.8. The summed E-state index contributed by atoms with van der Waals surface area (Å²) in [4.78, 5) is 11.1. The maximum absolute atomic E-state index is 11.1. The topological polar surface area (TPSA) is 55.8 Å². The Labute approximate surface area is 127 Å². The predicted octanol–water partition coefficient (Wildman–Crippen LogP) is 3.54. The highest BCUT2D eigenvalue weighted by atomic mass is 79.9. The van der Waals surface area contributed by atoms with Gasteiger partial charge < -0.3 is 14.6 Å². The molecule has 5 heteroatoms. The van der Waals surface area contributed by atoms with Crippen LogP contribution in [0.15, 0.2) is 10.5 Å². The first-order valence-corrected chi connectivity index (χ1v) is 7.44. The third-order valence-electron chi connectivity index (χ3n) is 3.95. The van der Waals surface area contributed by atoms with Crippen LogP contribution < -0.4 is 9.47 Å². The first-order chi connectivity index (χ1) is 9.49. The minimum atomic E-state index is -0.758. The van der Waals surface area contributed by atoms with Crippen molar-refractivity contribution in [2.75, 3.05) is 14.2 Å². The molecular formula is C15H19BrO4. The summed E-state index contributed by atoms with van der Waals surface area (Å²) in [6.07, 6.45) is 2.74. The van der Waals surface area contributed by atoms with Crippen LogP contribution in [0.5, 0.6) is 11.5 Å². The predicted molar refractivity (Wildman–Crippen MR) is 79.8 cm³/mol. The summed E-state index contributed by atoms with van der Waals surface area (Å²) in [5, 5.41) is 9.16. The van der Waals surface area contributed by atoms with Crippen molar-refractivity contribution in [3.8, 4) is 11.5 Å². The van der Waals surface area contributed by atoms with Gasteiger partial charge in [0.1, 0.15) is 0 Å². The normalized spacial score (nSPS) is 15.8. The van der Waals surface area contributed by atoms with Crippen molar-refractivity contribution in [3.05, 3.63) is 21.7 Å². The van der Waals surface area contributed by atoms with Crippen LogP contribution >= 0.6 is 15.9 Å². The standard InChI is InChI=1S/C15H19BrO4/c1-4-9-13(15(5-6-15)8-12(17)18)10(16)7-11(19-2)14(9)20-3/h7H,4-6,8H2,1-3H3,(H,17,18). The number of ether oxygens (including phenoxy) is 2. The van der Waals surface area contributed by atoms with Crippen molar-refractivity contribution in [1.29, 1.82) is 0 Å². The lowest BCUT2D eigenvalue weighted by molar-refractivity contribution is -0.137. The Kier molecular flexibility index (Phi) is 4.28. The summed E-state index contributed by atoms with van der Waals surface area (Å²) in [6.45, 7) is 2.05. The van der Waals surface area contributed by atoms with Gasteiger partial charge in [0.15, 0.2) is 11.5 Å². The van der Waals surface area contributed by atoms with E-state index in [0.717, 1.165) is 34.9 Å². The van der Waals surface area contributed by atoms with E-state index in [9.17, 15) is 4.79 Å². The van der Waals surface area contributed by atoms with Gasteiger partial charge >= 0.3 is 5.97 Å². The van der Waals surface area contributed by atoms with Crippen LogP contribution in [0.3, 0.4) is 0 Å². The van der Waals surface area contributed by atoms with Crippen molar-refractivity contribution in [2.24, 2.45) is 0 Å². The fourth-order valence-corrected chi connectivity index (χ4v) is 3.77. The molecule has 1 N–H and O–H groups in total. The number of hydrogen-bond donors (Lipinski definition) is 1. The van der Waals surface area contributed by atoms with E-state index in [0.29, 0.717) is 11.5 Å². The van der Waals surface area contributed by atoms with Gasteiger partial charge in [-0.2, -0.15) is 0 Å². The quantitative estimate of drug-likeness (QED) is 0.858. The summed E-state index contributed by atoms with van der Waals surface area (Å²) in [5.41, 5.74) is 1.85. The maximum Gasteiger partial charge on any atom is 0.304 e. The molecule has 110 valence electrons. The molecule has 1 aliphatic carbocycles. The Balaban J connectivity index is 2.61. The molecule has 2 rings (SSSR count). The molecule has 0 atom stereocenters. The van der Waals surface area contributed by atoms with Gasteiger partial charge in [0.2, 0.25) is 0 Å². The molecule has 1 saturated carbocycles. The van der Waals surface area contributed by atoms with E-state index in [1.807, 2.05) is 13.0 Å². The summed E-state index contributed by atoms with van der Waals surface area (Å²) in [5.74, 6) is 0.627. The fourth-order valence-electron chi connectivity index (χ4n) is 2.90. The van der Waals surface area contributed by atoms with Gasteiger partial charge in [0.05, 0.1) is 20.6 Å². The Morgan fingerprint density at radius 3 is 2.45 bits per heavy atom. The fraction of sp³-hybridized carbons (Fsp3) is 0.533. The Hall–Kier alpha value is -1.23. The molecule has 0 aliphatic heterocycles. The smallest absolute Gasteiger partial charge is 0.304 e. The number of halogens is 1. The van der Waals surface area contributed by atoms with E-state index in [2.05, 4.69) is 15.9 Å². The zero-order valence-corrected chi connectivity index (χ0v) is 13.5. The molecule has 0 saturated heterocycles. The highest BCUT2D eigenvalue weighted by Crippen LogP contribution is 2.56. The Bertz CT molecular complexity index is 535. The van der Waals surface area contributed by atoms with E-state index in [-0.39, 0.29) is 11.8 Å². The van der Waals surface area contributed by atoms with Crippen LogP contribution in [-0.2, 0) is 16.6 Å². The van der Waals surface area contributed by atoms with Crippen LogP contribution in [0.1, 0.15) is 37.3 Å². The SMILES string of the molecule is CCc1c(OC)c(OC)cc(Br)c1C1(CC(=O)O)CC1. The number of benzene rings is 1. The van der Waals surface area contributed by atoms with E-state index < -0.39 is 5.97 Å². The Morgan fingerprint density at radius 2 is 2.05 bits per heavy atom. The zero-order chi connectivity index (χ0) is 14.9. The monoisotopic (exact) mass is 342 g/mol. The largest absolute Gasteiger partial charge is 0.493 e. The van der Waals surface area contributed by atoms with Crippen LogP contribution in [0.2, 0.25) is 0 Å². The molecule has 0 bridgehead atoms. The summed E-state index contributed by atoms with van der Waals surface area (Å²) >= 11 is 3.58. The van der Waals surface area contributed by atoms with Crippen LogP contribution in [0.4, 0.5) is 0 Å². The average molecular weight is 343 g/mol. The van der Waals surface area contributed by atoms with Gasteiger partial charge in [-0.15, -0.1) is 0 Å². The van der Waals surface area contributed by atoms with E-state index in [1.54, 1.807) is 14.2 Å². The molecule has 1 aromatic rings. The third-order valence-corrected chi connectivity index (χ3v) is 4.57. The number of carbonyl (C=O) groups is 1. The molecule has 0 aromatic heterocycles. The summed E-state index contributed by atoms with van der Waals surface area (Å²) in [6, 6.07) is 1.87. The molecule has 4 nitrogen and oxygen atoms in total. The van der Waals surface area contributed by atoms with Gasteiger partial charge in [-0.05, 0) is 30.9 Å². The van der Waals surface area contributed by atoms with Crippen molar-refractivity contribution in [3.63, 3.8) is 0 Å². The van der Waals surface area contributed by atoms with Crippen molar-refractivity contribution in [1.82, 2.24) is 0 Å². The molecule has 0 heterocycles. The van der Waals surface area contributed by atoms with Crippen LogP contribution in [0.25, 0.3) is 0 Å². The van der Waals surface area contributed by atoms with E-state index >= 15 is 0 Å². The van der Waals surface area contributed by atoms with Gasteiger partial charge in [-0.25, -0.2) is 0 Å². The zero-order valence-electron chi connectivity index (χ0n) is 12.0. The maximum atomic E-state index is 11.1. The van der Waals surface area contributed by atoms with E-state index in [4.69, 9.17) is 14.6 Å². The van der Waals surface area contributed by atoms with Gasteiger partial charge in [0.25, 0.3) is 0 Å². The van der Waals surface area contributed by atoms with Crippen molar-refractivity contribution < 1.29 is 19.4 Å². The number of aliphatic carboxylic acids is 1. The second kappa shape index (κ2) is 5.64. The third kappa shape index (κ3) is 2.51. The number of hydrogen-bond acceptors (Lipinski definition) is 3. The lowest BCUT2D eigenvalue weighted by atomic mass is 9.87. The molecule has 1 aliphatic rings. The first-order valence-electron chi connectivity index (χ1n) is 6.64. The lowest BCUT2D eigenvalue weighted by Gasteiger charge is -2.23. The number of methoxy groups -OCH3 is 2. The number of carboxylic acids is 1. The number of carboxylic acid groups (broad SMARTS) is 1.